The zero-order valence-corrected chi connectivity index (χ0v) is 10.7. The molecule has 3 fully saturated rings. The maximum atomic E-state index is 12.6. The van der Waals surface area contributed by atoms with E-state index < -0.39 is 9.84 Å². The van der Waals surface area contributed by atoms with Crippen LogP contribution in [0.1, 0.15) is 32.1 Å². The molecule has 0 aromatic heterocycles. The molecule has 3 aliphatic rings. The summed E-state index contributed by atoms with van der Waals surface area (Å²) in [6.07, 6.45) is 5.60. The van der Waals surface area contributed by atoms with Gasteiger partial charge in [-0.25, -0.2) is 8.42 Å². The van der Waals surface area contributed by atoms with E-state index in [4.69, 9.17) is 0 Å². The SMILES string of the molecule is O=S(=O)(c1ccccc1)[C@@H]1CC2CCC1CC2. The summed E-state index contributed by atoms with van der Waals surface area (Å²) >= 11 is 0. The van der Waals surface area contributed by atoms with Gasteiger partial charge in [0, 0.05) is 0 Å². The van der Waals surface area contributed by atoms with Gasteiger partial charge in [-0.1, -0.05) is 31.0 Å². The summed E-state index contributed by atoms with van der Waals surface area (Å²) in [6, 6.07) is 8.96. The summed E-state index contributed by atoms with van der Waals surface area (Å²) in [6.45, 7) is 0. The van der Waals surface area contributed by atoms with Crippen LogP contribution in [0, 0.1) is 11.8 Å². The van der Waals surface area contributed by atoms with Crippen LogP contribution in [0.2, 0.25) is 0 Å². The molecule has 1 aromatic rings. The number of fused-ring (bicyclic) bond motifs is 3. The quantitative estimate of drug-likeness (QED) is 0.808. The van der Waals surface area contributed by atoms with Crippen LogP contribution in [0.15, 0.2) is 35.2 Å². The van der Waals surface area contributed by atoms with Crippen LogP contribution in [0.4, 0.5) is 0 Å². The van der Waals surface area contributed by atoms with Crippen LogP contribution in [0.25, 0.3) is 0 Å². The summed E-state index contributed by atoms with van der Waals surface area (Å²) in [4.78, 5) is 0.512. The predicted molar refractivity (Wildman–Crippen MR) is 67.5 cm³/mol. The van der Waals surface area contributed by atoms with Crippen molar-refractivity contribution in [2.75, 3.05) is 0 Å². The highest BCUT2D eigenvalue weighted by atomic mass is 32.2. The lowest BCUT2D eigenvalue weighted by Crippen LogP contribution is -2.40. The molecular weight excluding hydrogens is 232 g/mol. The van der Waals surface area contributed by atoms with Crippen LogP contribution in [0.3, 0.4) is 0 Å². The number of hydrogen-bond donors (Lipinski definition) is 0. The monoisotopic (exact) mass is 250 g/mol. The molecule has 3 aliphatic carbocycles. The zero-order valence-electron chi connectivity index (χ0n) is 9.88. The second kappa shape index (κ2) is 4.13. The van der Waals surface area contributed by atoms with Gasteiger partial charge in [-0.05, 0) is 43.2 Å². The topological polar surface area (TPSA) is 34.1 Å². The van der Waals surface area contributed by atoms with Gasteiger partial charge in [-0.2, -0.15) is 0 Å². The number of hydrogen-bond acceptors (Lipinski definition) is 2. The van der Waals surface area contributed by atoms with E-state index in [1.807, 2.05) is 18.2 Å². The highest BCUT2D eigenvalue weighted by Gasteiger charge is 2.42. The molecule has 3 saturated carbocycles. The Hall–Kier alpha value is -0.830. The van der Waals surface area contributed by atoms with E-state index >= 15 is 0 Å². The van der Waals surface area contributed by atoms with E-state index in [2.05, 4.69) is 0 Å². The van der Waals surface area contributed by atoms with Gasteiger partial charge in [0.05, 0.1) is 10.1 Å². The molecular formula is C14H18O2S. The number of rotatable bonds is 2. The average molecular weight is 250 g/mol. The van der Waals surface area contributed by atoms with Crippen LogP contribution >= 0.6 is 0 Å². The molecule has 0 radical (unpaired) electrons. The van der Waals surface area contributed by atoms with E-state index in [1.165, 1.54) is 12.8 Å². The van der Waals surface area contributed by atoms with Gasteiger partial charge < -0.3 is 0 Å². The lowest BCUT2D eigenvalue weighted by atomic mass is 9.70. The molecule has 0 aliphatic heterocycles. The van der Waals surface area contributed by atoms with E-state index in [1.54, 1.807) is 12.1 Å². The molecule has 4 rings (SSSR count). The van der Waals surface area contributed by atoms with Crippen LogP contribution < -0.4 is 0 Å². The van der Waals surface area contributed by atoms with Gasteiger partial charge in [-0.15, -0.1) is 0 Å². The van der Waals surface area contributed by atoms with Gasteiger partial charge in [0.25, 0.3) is 0 Å². The molecule has 2 bridgehead atoms. The smallest absolute Gasteiger partial charge is 0.181 e. The van der Waals surface area contributed by atoms with Gasteiger partial charge >= 0.3 is 0 Å². The van der Waals surface area contributed by atoms with Crippen molar-refractivity contribution in [2.24, 2.45) is 11.8 Å². The van der Waals surface area contributed by atoms with Crippen molar-refractivity contribution in [3.05, 3.63) is 30.3 Å². The molecule has 0 unspecified atom stereocenters. The van der Waals surface area contributed by atoms with Crippen molar-refractivity contribution in [2.45, 2.75) is 42.2 Å². The third-order valence-corrected chi connectivity index (χ3v) is 6.76. The normalized spacial score (nSPS) is 32.6. The van der Waals surface area contributed by atoms with Gasteiger partial charge in [0.1, 0.15) is 0 Å². The Morgan fingerprint density at radius 3 is 2.12 bits per heavy atom. The number of sulfone groups is 1. The average Bonchev–Trinajstić information content (AvgIpc) is 2.41. The standard InChI is InChI=1S/C14H18O2S/c15-17(16,13-4-2-1-3-5-13)14-10-11-6-8-12(14)9-7-11/h1-5,11-12,14H,6-10H2/t11?,12?,14-/m1/s1. The lowest BCUT2D eigenvalue weighted by molar-refractivity contribution is 0.179. The lowest BCUT2D eigenvalue weighted by Gasteiger charge is -2.41. The number of benzene rings is 1. The molecule has 1 atom stereocenters. The molecule has 17 heavy (non-hydrogen) atoms. The van der Waals surface area contributed by atoms with E-state index in [0.717, 1.165) is 19.3 Å². The zero-order chi connectivity index (χ0) is 11.9. The second-order valence-electron chi connectivity index (χ2n) is 5.41. The molecule has 0 saturated heterocycles. The Kier molecular flexibility index (Phi) is 2.74. The largest absolute Gasteiger partial charge is 0.223 e. The summed E-state index contributed by atoms with van der Waals surface area (Å²) in [5.41, 5.74) is 0. The van der Waals surface area contributed by atoms with Crippen molar-refractivity contribution in [3.8, 4) is 0 Å². The second-order valence-corrected chi connectivity index (χ2v) is 7.58. The highest BCUT2D eigenvalue weighted by molar-refractivity contribution is 7.92. The fourth-order valence-corrected chi connectivity index (χ4v) is 5.67. The van der Waals surface area contributed by atoms with Gasteiger partial charge in [-0.3, -0.25) is 0 Å². The fraction of sp³-hybridized carbons (Fsp3) is 0.571. The summed E-state index contributed by atoms with van der Waals surface area (Å²) in [5, 5.41) is -0.114. The maximum Gasteiger partial charge on any atom is 0.181 e. The third kappa shape index (κ3) is 1.90. The minimum absolute atomic E-state index is 0.114. The predicted octanol–water partition coefficient (Wildman–Crippen LogP) is 3.04. The highest BCUT2D eigenvalue weighted by Crippen LogP contribution is 2.45. The first-order chi connectivity index (χ1) is 8.18. The summed E-state index contributed by atoms with van der Waals surface area (Å²) in [7, 11) is -3.09. The Bertz CT molecular complexity index is 484. The molecule has 3 heteroatoms. The Balaban J connectivity index is 1.94. The van der Waals surface area contributed by atoms with Crippen molar-refractivity contribution < 1.29 is 8.42 Å². The third-order valence-electron chi connectivity index (χ3n) is 4.45. The van der Waals surface area contributed by atoms with E-state index in [9.17, 15) is 8.42 Å². The first-order valence-electron chi connectivity index (χ1n) is 6.47. The van der Waals surface area contributed by atoms with E-state index in [-0.39, 0.29) is 5.25 Å². The summed E-state index contributed by atoms with van der Waals surface area (Å²) < 4.78 is 25.2. The molecule has 92 valence electrons. The minimum Gasteiger partial charge on any atom is -0.223 e. The molecule has 0 N–H and O–H groups in total. The van der Waals surface area contributed by atoms with Crippen molar-refractivity contribution >= 4 is 9.84 Å². The van der Waals surface area contributed by atoms with Crippen molar-refractivity contribution in [1.82, 2.24) is 0 Å². The molecule has 0 amide bonds. The Labute approximate surface area is 103 Å². The minimum atomic E-state index is -3.09. The molecule has 0 spiro atoms. The molecule has 1 aromatic carbocycles. The van der Waals surface area contributed by atoms with Crippen LogP contribution in [-0.4, -0.2) is 13.7 Å². The Morgan fingerprint density at radius 1 is 0.941 bits per heavy atom. The first kappa shape index (κ1) is 11.3. The van der Waals surface area contributed by atoms with E-state index in [0.29, 0.717) is 16.7 Å². The van der Waals surface area contributed by atoms with Crippen LogP contribution in [-0.2, 0) is 9.84 Å². The van der Waals surface area contributed by atoms with Gasteiger partial charge in [0.2, 0.25) is 0 Å². The first-order valence-corrected chi connectivity index (χ1v) is 8.01. The fourth-order valence-electron chi connectivity index (χ4n) is 3.48. The summed E-state index contributed by atoms with van der Waals surface area (Å²) in [5.74, 6) is 1.06. The maximum absolute atomic E-state index is 12.6. The van der Waals surface area contributed by atoms with Crippen molar-refractivity contribution in [3.63, 3.8) is 0 Å². The van der Waals surface area contributed by atoms with Gasteiger partial charge in [0.15, 0.2) is 9.84 Å². The van der Waals surface area contributed by atoms with Crippen LogP contribution in [0.5, 0.6) is 0 Å². The molecule has 0 heterocycles. The van der Waals surface area contributed by atoms with Crippen molar-refractivity contribution in [1.29, 1.82) is 0 Å². The molecule has 2 nitrogen and oxygen atoms in total. The Morgan fingerprint density at radius 2 is 1.59 bits per heavy atom.